The molecule has 0 bridgehead atoms. The van der Waals surface area contributed by atoms with Gasteiger partial charge in [0, 0.05) is 0 Å². The molecular formula is C4H7NO4. The Bertz CT molecular complexity index is 122. The van der Waals surface area contributed by atoms with Gasteiger partial charge in [-0.1, -0.05) is 0 Å². The van der Waals surface area contributed by atoms with E-state index >= 15 is 0 Å². The van der Waals surface area contributed by atoms with Gasteiger partial charge in [-0.15, -0.1) is 0 Å². The number of hydrogen-bond acceptors (Lipinski definition) is 3. The summed E-state index contributed by atoms with van der Waals surface area (Å²) in [6, 6.07) is 0. The average molecular weight is 133 g/mol. The molecule has 0 heterocycles. The van der Waals surface area contributed by atoms with Crippen LogP contribution in [0.1, 0.15) is 0 Å². The molecule has 5 nitrogen and oxygen atoms in total. The molecule has 0 unspecified atom stereocenters. The third-order valence-corrected chi connectivity index (χ3v) is 0.612. The van der Waals surface area contributed by atoms with Crippen molar-refractivity contribution in [2.75, 3.05) is 13.7 Å². The summed E-state index contributed by atoms with van der Waals surface area (Å²) in [6.07, 6.45) is -1.24. The number of rotatable bonds is 2. The summed E-state index contributed by atoms with van der Waals surface area (Å²) in [5.74, 6) is -0.600. The molecule has 0 aliphatic rings. The van der Waals surface area contributed by atoms with E-state index in [-0.39, 0.29) is 6.54 Å². The quantitative estimate of drug-likeness (QED) is 0.494. The Balaban J connectivity index is 3.28. The van der Waals surface area contributed by atoms with Gasteiger partial charge in [0.05, 0.1) is 7.11 Å². The van der Waals surface area contributed by atoms with Gasteiger partial charge in [0.25, 0.3) is 0 Å². The van der Waals surface area contributed by atoms with Gasteiger partial charge in [-0.05, 0) is 0 Å². The molecule has 0 fully saturated rings. The maximum Gasteiger partial charge on any atom is 0.405 e. The van der Waals surface area contributed by atoms with Crippen molar-refractivity contribution in [1.29, 1.82) is 0 Å². The second-order valence-corrected chi connectivity index (χ2v) is 1.23. The van der Waals surface area contributed by atoms with Crippen molar-refractivity contribution >= 4 is 12.1 Å². The molecule has 0 saturated carbocycles. The molecule has 0 aliphatic heterocycles. The van der Waals surface area contributed by atoms with Gasteiger partial charge >= 0.3 is 12.1 Å². The minimum Gasteiger partial charge on any atom is -0.468 e. The van der Waals surface area contributed by atoms with Crippen LogP contribution >= 0.6 is 0 Å². The molecule has 0 radical (unpaired) electrons. The summed E-state index contributed by atoms with van der Waals surface area (Å²) in [7, 11) is 1.19. The van der Waals surface area contributed by atoms with E-state index in [0.717, 1.165) is 0 Å². The smallest absolute Gasteiger partial charge is 0.405 e. The molecule has 0 spiro atoms. The fraction of sp³-hybridized carbons (Fsp3) is 0.500. The number of ether oxygens (including phenoxy) is 1. The number of amides is 1. The highest BCUT2D eigenvalue weighted by atomic mass is 16.5. The molecule has 9 heavy (non-hydrogen) atoms. The van der Waals surface area contributed by atoms with Crippen LogP contribution in [0.4, 0.5) is 4.79 Å². The van der Waals surface area contributed by atoms with Crippen molar-refractivity contribution < 1.29 is 19.4 Å². The highest BCUT2D eigenvalue weighted by Crippen LogP contribution is 1.68. The Morgan fingerprint density at radius 1 is 1.67 bits per heavy atom. The first-order chi connectivity index (χ1) is 4.16. The summed E-state index contributed by atoms with van der Waals surface area (Å²) in [5.41, 5.74) is 0. The van der Waals surface area contributed by atoms with E-state index in [1.54, 1.807) is 0 Å². The minimum absolute atomic E-state index is 0.300. The van der Waals surface area contributed by atoms with Gasteiger partial charge in [-0.3, -0.25) is 4.79 Å². The first-order valence-electron chi connectivity index (χ1n) is 2.20. The molecule has 0 rings (SSSR count). The normalized spacial score (nSPS) is 8.11. The van der Waals surface area contributed by atoms with Crippen LogP contribution in [0.2, 0.25) is 0 Å². The van der Waals surface area contributed by atoms with Crippen molar-refractivity contribution in [3.63, 3.8) is 0 Å². The molecule has 0 atom stereocenters. The van der Waals surface area contributed by atoms with Crippen LogP contribution in [0, 0.1) is 0 Å². The average Bonchev–Trinajstić information content (AvgIpc) is 1.83. The lowest BCUT2D eigenvalue weighted by Gasteiger charge is -1.96. The van der Waals surface area contributed by atoms with E-state index in [2.05, 4.69) is 4.74 Å². The molecule has 0 saturated heterocycles. The van der Waals surface area contributed by atoms with E-state index in [0.29, 0.717) is 0 Å². The van der Waals surface area contributed by atoms with Crippen molar-refractivity contribution in [2.24, 2.45) is 0 Å². The molecule has 0 aliphatic carbocycles. The number of esters is 1. The van der Waals surface area contributed by atoms with Crippen LogP contribution in [0.15, 0.2) is 0 Å². The SMILES string of the molecule is COC(=O)CNC(=O)O. The van der Waals surface area contributed by atoms with E-state index < -0.39 is 12.1 Å². The Morgan fingerprint density at radius 3 is 2.56 bits per heavy atom. The predicted molar refractivity (Wildman–Crippen MR) is 28.0 cm³/mol. The van der Waals surface area contributed by atoms with Gasteiger partial charge in [0.15, 0.2) is 0 Å². The van der Waals surface area contributed by atoms with Gasteiger partial charge in [-0.2, -0.15) is 0 Å². The fourth-order valence-corrected chi connectivity index (χ4v) is 0.220. The summed E-state index contributed by atoms with van der Waals surface area (Å²) >= 11 is 0. The maximum absolute atomic E-state index is 10.2. The zero-order valence-electron chi connectivity index (χ0n) is 4.88. The predicted octanol–water partition coefficient (Wildman–Crippen LogP) is -0.573. The van der Waals surface area contributed by atoms with Crippen LogP contribution in [-0.2, 0) is 9.53 Å². The van der Waals surface area contributed by atoms with Gasteiger partial charge in [0.1, 0.15) is 6.54 Å². The molecule has 0 aromatic heterocycles. The topological polar surface area (TPSA) is 75.6 Å². The van der Waals surface area contributed by atoms with Crippen molar-refractivity contribution in [2.45, 2.75) is 0 Å². The number of carboxylic acid groups (broad SMARTS) is 1. The molecule has 1 amide bonds. The maximum atomic E-state index is 10.2. The standard InChI is InChI=1S/C4H7NO4/c1-9-3(6)2-5-4(7)8/h5H,2H2,1H3,(H,7,8). The Hall–Kier alpha value is -1.26. The van der Waals surface area contributed by atoms with Gasteiger partial charge < -0.3 is 15.2 Å². The van der Waals surface area contributed by atoms with Crippen LogP contribution in [0.25, 0.3) is 0 Å². The van der Waals surface area contributed by atoms with Gasteiger partial charge in [-0.25, -0.2) is 4.79 Å². The van der Waals surface area contributed by atoms with Crippen LogP contribution < -0.4 is 5.32 Å². The van der Waals surface area contributed by atoms with Crippen LogP contribution in [0.5, 0.6) is 0 Å². The third-order valence-electron chi connectivity index (χ3n) is 0.612. The number of hydrogen-bond donors (Lipinski definition) is 2. The van der Waals surface area contributed by atoms with Crippen molar-refractivity contribution in [3.05, 3.63) is 0 Å². The summed E-state index contributed by atoms with van der Waals surface area (Å²) < 4.78 is 4.14. The summed E-state index contributed by atoms with van der Waals surface area (Å²) in [5, 5.41) is 9.78. The summed E-state index contributed by atoms with van der Waals surface area (Å²) in [6.45, 7) is -0.300. The Morgan fingerprint density at radius 2 is 2.22 bits per heavy atom. The fourth-order valence-electron chi connectivity index (χ4n) is 0.220. The highest BCUT2D eigenvalue weighted by molar-refractivity contribution is 5.76. The zero-order chi connectivity index (χ0) is 7.28. The monoisotopic (exact) mass is 133 g/mol. The van der Waals surface area contributed by atoms with E-state index in [1.807, 2.05) is 5.32 Å². The lowest BCUT2D eigenvalue weighted by Crippen LogP contribution is -2.28. The summed E-state index contributed by atoms with van der Waals surface area (Å²) in [4.78, 5) is 19.9. The number of carbonyl (C=O) groups excluding carboxylic acids is 1. The first-order valence-corrected chi connectivity index (χ1v) is 2.20. The van der Waals surface area contributed by atoms with Crippen LogP contribution in [-0.4, -0.2) is 30.8 Å². The van der Waals surface area contributed by atoms with E-state index in [9.17, 15) is 9.59 Å². The molecule has 5 heteroatoms. The third kappa shape index (κ3) is 4.60. The zero-order valence-corrected chi connectivity index (χ0v) is 4.88. The van der Waals surface area contributed by atoms with E-state index in [4.69, 9.17) is 5.11 Å². The van der Waals surface area contributed by atoms with Crippen molar-refractivity contribution in [1.82, 2.24) is 5.32 Å². The van der Waals surface area contributed by atoms with Crippen LogP contribution in [0.3, 0.4) is 0 Å². The minimum atomic E-state index is -1.24. The van der Waals surface area contributed by atoms with Gasteiger partial charge in [0.2, 0.25) is 0 Å². The molecule has 0 aromatic rings. The van der Waals surface area contributed by atoms with E-state index in [1.165, 1.54) is 7.11 Å². The molecule has 2 N–H and O–H groups in total. The Kier molecular flexibility index (Phi) is 3.19. The largest absolute Gasteiger partial charge is 0.468 e. The second-order valence-electron chi connectivity index (χ2n) is 1.23. The highest BCUT2D eigenvalue weighted by Gasteiger charge is 2.00. The lowest BCUT2D eigenvalue weighted by atomic mass is 10.6. The second kappa shape index (κ2) is 3.71. The molecule has 0 aromatic carbocycles. The molecule has 52 valence electrons. The van der Waals surface area contributed by atoms with Crippen molar-refractivity contribution in [3.8, 4) is 0 Å². The molecular weight excluding hydrogens is 126 g/mol. The lowest BCUT2D eigenvalue weighted by molar-refractivity contribution is -0.139. The number of carbonyl (C=O) groups is 2. The Labute approximate surface area is 51.6 Å². The number of methoxy groups -OCH3 is 1. The number of nitrogens with one attached hydrogen (secondary N) is 1. The first kappa shape index (κ1) is 7.74.